The molecule has 2 aromatic rings. The van der Waals surface area contributed by atoms with Crippen molar-refractivity contribution in [3.05, 3.63) is 39.9 Å². The van der Waals surface area contributed by atoms with E-state index in [-0.39, 0.29) is 5.91 Å². The van der Waals surface area contributed by atoms with E-state index in [9.17, 15) is 4.79 Å². The van der Waals surface area contributed by atoms with E-state index >= 15 is 0 Å². The van der Waals surface area contributed by atoms with Crippen molar-refractivity contribution in [1.82, 2.24) is 14.9 Å². The van der Waals surface area contributed by atoms with Crippen LogP contribution < -0.4 is 15.1 Å². The summed E-state index contributed by atoms with van der Waals surface area (Å²) in [7, 11) is 5.13. The number of nitrogens with zero attached hydrogens (tertiary/aromatic N) is 5. The molecule has 1 aliphatic heterocycles. The first-order valence-corrected chi connectivity index (χ1v) is 12.0. The Labute approximate surface area is 210 Å². The molecule has 1 amide bonds. The SMILES string of the molecule is CCC(=O)N1CCN(c2nc(NCc3ccc(Cl)cc3Cl)cc(N(C)CC(OC)OC)n2)CC1. The molecule has 1 aromatic carbocycles. The minimum absolute atomic E-state index is 0.168. The maximum absolute atomic E-state index is 12.1. The van der Waals surface area contributed by atoms with Crippen LogP contribution in [0, 0.1) is 0 Å². The molecule has 34 heavy (non-hydrogen) atoms. The van der Waals surface area contributed by atoms with Gasteiger partial charge in [0.15, 0.2) is 6.29 Å². The summed E-state index contributed by atoms with van der Waals surface area (Å²) in [5.74, 6) is 2.16. The number of methoxy groups -OCH3 is 2. The van der Waals surface area contributed by atoms with Crippen molar-refractivity contribution < 1.29 is 14.3 Å². The zero-order chi connectivity index (χ0) is 24.7. The van der Waals surface area contributed by atoms with Crippen LogP contribution in [0.5, 0.6) is 0 Å². The molecule has 1 N–H and O–H groups in total. The number of hydrogen-bond acceptors (Lipinski definition) is 8. The zero-order valence-electron chi connectivity index (χ0n) is 20.1. The monoisotopic (exact) mass is 510 g/mol. The lowest BCUT2D eigenvalue weighted by molar-refractivity contribution is -0.131. The number of piperazine rings is 1. The fourth-order valence-corrected chi connectivity index (χ4v) is 4.12. The lowest BCUT2D eigenvalue weighted by Gasteiger charge is -2.35. The van der Waals surface area contributed by atoms with Crippen molar-refractivity contribution in [3.8, 4) is 0 Å². The second-order valence-electron chi connectivity index (χ2n) is 8.00. The normalized spacial score (nSPS) is 14.0. The van der Waals surface area contributed by atoms with Gasteiger partial charge in [-0.15, -0.1) is 0 Å². The topological polar surface area (TPSA) is 83.1 Å². The summed E-state index contributed by atoms with van der Waals surface area (Å²) in [6.45, 7) is 5.48. The van der Waals surface area contributed by atoms with Crippen LogP contribution in [0.15, 0.2) is 24.3 Å². The third-order valence-electron chi connectivity index (χ3n) is 5.73. The van der Waals surface area contributed by atoms with Crippen LogP contribution in [0.25, 0.3) is 0 Å². The predicted octanol–water partition coefficient (Wildman–Crippen LogP) is 3.51. The summed E-state index contributed by atoms with van der Waals surface area (Å²) in [6.07, 6.45) is 0.120. The van der Waals surface area contributed by atoms with Crippen LogP contribution in [-0.4, -0.2) is 81.1 Å². The van der Waals surface area contributed by atoms with Gasteiger partial charge in [0.2, 0.25) is 11.9 Å². The lowest BCUT2D eigenvalue weighted by Crippen LogP contribution is -2.49. The predicted molar refractivity (Wildman–Crippen MR) is 136 cm³/mol. The van der Waals surface area contributed by atoms with Gasteiger partial charge in [0.1, 0.15) is 11.6 Å². The molecule has 0 aliphatic carbocycles. The number of carbonyl (C=O) groups excluding carboxylic acids is 1. The third-order valence-corrected chi connectivity index (χ3v) is 6.32. The molecule has 0 atom stereocenters. The van der Waals surface area contributed by atoms with E-state index in [2.05, 4.69) is 10.2 Å². The molecule has 1 aromatic heterocycles. The Bertz CT molecular complexity index is 968. The van der Waals surface area contributed by atoms with Gasteiger partial charge in [0.25, 0.3) is 0 Å². The van der Waals surface area contributed by atoms with Gasteiger partial charge in [-0.05, 0) is 17.7 Å². The van der Waals surface area contributed by atoms with Gasteiger partial charge in [0, 0.05) is 76.5 Å². The van der Waals surface area contributed by atoms with E-state index in [1.165, 1.54) is 0 Å². The van der Waals surface area contributed by atoms with Gasteiger partial charge in [-0.1, -0.05) is 36.2 Å². The number of likely N-dealkylation sites (N-methyl/N-ethyl adjacent to an activating group) is 1. The summed E-state index contributed by atoms with van der Waals surface area (Å²) < 4.78 is 10.7. The minimum atomic E-state index is -0.392. The smallest absolute Gasteiger partial charge is 0.229 e. The molecule has 9 nitrogen and oxygen atoms in total. The van der Waals surface area contributed by atoms with Gasteiger partial charge in [-0.3, -0.25) is 4.79 Å². The van der Waals surface area contributed by atoms with Gasteiger partial charge in [-0.2, -0.15) is 9.97 Å². The Morgan fingerprint density at radius 1 is 1.15 bits per heavy atom. The van der Waals surface area contributed by atoms with Crippen molar-refractivity contribution in [2.24, 2.45) is 0 Å². The second-order valence-corrected chi connectivity index (χ2v) is 8.85. The van der Waals surface area contributed by atoms with Crippen molar-refractivity contribution in [3.63, 3.8) is 0 Å². The summed E-state index contributed by atoms with van der Waals surface area (Å²) >= 11 is 12.4. The maximum atomic E-state index is 12.1. The molecule has 2 heterocycles. The molecule has 0 bridgehead atoms. The summed E-state index contributed by atoms with van der Waals surface area (Å²) in [4.78, 5) is 27.5. The zero-order valence-corrected chi connectivity index (χ0v) is 21.6. The molecule has 1 fully saturated rings. The number of nitrogens with one attached hydrogen (secondary N) is 1. The summed E-state index contributed by atoms with van der Waals surface area (Å²) in [6, 6.07) is 7.30. The van der Waals surface area contributed by atoms with Gasteiger partial charge < -0.3 is 29.5 Å². The highest BCUT2D eigenvalue weighted by Gasteiger charge is 2.23. The van der Waals surface area contributed by atoms with E-state index in [1.54, 1.807) is 20.3 Å². The first-order valence-electron chi connectivity index (χ1n) is 11.2. The molecule has 1 aliphatic rings. The Hall–Kier alpha value is -2.33. The van der Waals surface area contributed by atoms with Gasteiger partial charge in [-0.25, -0.2) is 0 Å². The van der Waals surface area contributed by atoms with Gasteiger partial charge >= 0.3 is 0 Å². The quantitative estimate of drug-likeness (QED) is 0.486. The number of halogens is 2. The molecular formula is C23H32Cl2N6O3. The van der Waals surface area contributed by atoms with Crippen LogP contribution >= 0.6 is 23.2 Å². The number of amides is 1. The highest BCUT2D eigenvalue weighted by atomic mass is 35.5. The van der Waals surface area contributed by atoms with Crippen LogP contribution in [-0.2, 0) is 20.8 Å². The summed E-state index contributed by atoms with van der Waals surface area (Å²) in [5, 5.41) is 4.53. The molecule has 3 rings (SSSR count). The molecular weight excluding hydrogens is 479 g/mol. The molecule has 11 heteroatoms. The van der Waals surface area contributed by atoms with Gasteiger partial charge in [0.05, 0.1) is 6.54 Å². The van der Waals surface area contributed by atoms with Crippen LogP contribution in [0.4, 0.5) is 17.6 Å². The lowest BCUT2D eigenvalue weighted by atomic mass is 10.2. The van der Waals surface area contributed by atoms with E-state index in [0.29, 0.717) is 67.5 Å². The number of carbonyl (C=O) groups is 1. The average molecular weight is 511 g/mol. The highest BCUT2D eigenvalue weighted by Crippen LogP contribution is 2.24. The number of benzene rings is 1. The first-order chi connectivity index (χ1) is 16.3. The van der Waals surface area contributed by atoms with Crippen molar-refractivity contribution >= 4 is 46.7 Å². The summed E-state index contributed by atoms with van der Waals surface area (Å²) in [5.41, 5.74) is 0.909. The molecule has 0 radical (unpaired) electrons. The average Bonchev–Trinajstić information content (AvgIpc) is 2.86. The Balaban J connectivity index is 1.82. The number of rotatable bonds is 10. The van der Waals surface area contributed by atoms with Crippen molar-refractivity contribution in [1.29, 1.82) is 0 Å². The standard InChI is InChI=1S/C23H32Cl2N6O3/c1-5-21(32)30-8-10-31(11-9-30)23-27-19(26-14-16-6-7-17(24)12-18(16)25)13-20(28-23)29(2)15-22(33-3)34-4/h6-7,12-13,22H,5,8-11,14-15H2,1-4H3,(H,26,27,28). The molecule has 0 spiro atoms. The minimum Gasteiger partial charge on any atom is -0.366 e. The molecule has 186 valence electrons. The highest BCUT2D eigenvalue weighted by molar-refractivity contribution is 6.35. The first kappa shape index (κ1) is 26.3. The van der Waals surface area contributed by atoms with E-state index in [4.69, 9.17) is 42.6 Å². The van der Waals surface area contributed by atoms with E-state index in [1.807, 2.05) is 42.0 Å². The van der Waals surface area contributed by atoms with Crippen molar-refractivity contribution in [2.75, 3.05) is 69.1 Å². The molecule has 1 saturated heterocycles. The Morgan fingerprint density at radius 2 is 1.85 bits per heavy atom. The second kappa shape index (κ2) is 12.4. The molecule has 0 saturated carbocycles. The largest absolute Gasteiger partial charge is 0.366 e. The molecule has 0 unspecified atom stereocenters. The maximum Gasteiger partial charge on any atom is 0.229 e. The van der Waals surface area contributed by atoms with Crippen LogP contribution in [0.2, 0.25) is 10.0 Å². The number of ether oxygens (including phenoxy) is 2. The number of hydrogen-bond donors (Lipinski definition) is 1. The van der Waals surface area contributed by atoms with Crippen LogP contribution in [0.3, 0.4) is 0 Å². The van der Waals surface area contributed by atoms with Crippen LogP contribution in [0.1, 0.15) is 18.9 Å². The number of aromatic nitrogens is 2. The Morgan fingerprint density at radius 3 is 2.47 bits per heavy atom. The van der Waals surface area contributed by atoms with E-state index < -0.39 is 6.29 Å². The fourth-order valence-electron chi connectivity index (χ4n) is 3.64. The number of anilines is 3. The third kappa shape index (κ3) is 6.85. The van der Waals surface area contributed by atoms with Crippen molar-refractivity contribution in [2.45, 2.75) is 26.2 Å². The Kier molecular flexibility index (Phi) is 9.58. The van der Waals surface area contributed by atoms with E-state index in [0.717, 1.165) is 11.4 Å². The fraction of sp³-hybridized carbons (Fsp3) is 0.522.